The molecule has 140 valence electrons. The van der Waals surface area contributed by atoms with Gasteiger partial charge in [0.2, 0.25) is 5.91 Å². The average molecular weight is 400 g/mol. The van der Waals surface area contributed by atoms with E-state index in [0.29, 0.717) is 24.9 Å². The fourth-order valence-corrected chi connectivity index (χ4v) is 5.19. The number of amides is 2. The number of nitrogens with zero attached hydrogens (tertiary/aromatic N) is 2. The number of benzene rings is 1. The molecule has 1 fully saturated rings. The first-order valence-electron chi connectivity index (χ1n) is 9.18. The molecular formula is C20H21N3O2S2. The molecule has 2 aromatic heterocycles. The minimum absolute atomic E-state index is 0.0720. The minimum Gasteiger partial charge on any atom is -0.352 e. The van der Waals surface area contributed by atoms with Crippen molar-refractivity contribution in [3.63, 3.8) is 0 Å². The van der Waals surface area contributed by atoms with Crippen molar-refractivity contribution in [3.8, 4) is 0 Å². The zero-order valence-electron chi connectivity index (χ0n) is 14.9. The lowest BCUT2D eigenvalue weighted by molar-refractivity contribution is -0.132. The van der Waals surface area contributed by atoms with Crippen LogP contribution in [0.2, 0.25) is 0 Å². The van der Waals surface area contributed by atoms with Crippen LogP contribution in [0.5, 0.6) is 0 Å². The Morgan fingerprint density at radius 1 is 1.26 bits per heavy atom. The predicted molar refractivity (Wildman–Crippen MR) is 109 cm³/mol. The van der Waals surface area contributed by atoms with Crippen molar-refractivity contribution in [3.05, 3.63) is 51.7 Å². The Balaban J connectivity index is 1.31. The summed E-state index contributed by atoms with van der Waals surface area (Å²) in [6.45, 7) is 1.31. The number of hydrogen-bond donors (Lipinski definition) is 1. The fraction of sp³-hybridized carbons (Fsp3) is 0.350. The maximum absolute atomic E-state index is 12.7. The molecule has 1 aromatic carbocycles. The molecule has 5 nitrogen and oxygen atoms in total. The summed E-state index contributed by atoms with van der Waals surface area (Å²) in [6, 6.07) is 10.0. The maximum Gasteiger partial charge on any atom is 0.252 e. The van der Waals surface area contributed by atoms with Gasteiger partial charge in [-0.1, -0.05) is 12.1 Å². The maximum atomic E-state index is 12.7. The quantitative estimate of drug-likeness (QED) is 0.631. The first-order valence-corrected chi connectivity index (χ1v) is 10.9. The van der Waals surface area contributed by atoms with Gasteiger partial charge in [0.1, 0.15) is 5.01 Å². The molecule has 1 atom stereocenters. The highest BCUT2D eigenvalue weighted by Crippen LogP contribution is 2.36. The largest absolute Gasteiger partial charge is 0.352 e. The van der Waals surface area contributed by atoms with Gasteiger partial charge in [0.05, 0.1) is 16.3 Å². The van der Waals surface area contributed by atoms with E-state index in [2.05, 4.69) is 11.4 Å². The third kappa shape index (κ3) is 4.04. The molecule has 1 unspecified atom stereocenters. The Morgan fingerprint density at radius 3 is 2.96 bits per heavy atom. The van der Waals surface area contributed by atoms with Crippen LogP contribution in [0, 0.1) is 0 Å². The van der Waals surface area contributed by atoms with E-state index in [9.17, 15) is 9.59 Å². The molecule has 0 bridgehead atoms. The highest BCUT2D eigenvalue weighted by Gasteiger charge is 2.31. The molecule has 27 heavy (non-hydrogen) atoms. The van der Waals surface area contributed by atoms with Crippen molar-refractivity contribution in [1.82, 2.24) is 15.2 Å². The van der Waals surface area contributed by atoms with Gasteiger partial charge in [0.25, 0.3) is 5.91 Å². The van der Waals surface area contributed by atoms with Crippen molar-refractivity contribution < 1.29 is 9.59 Å². The van der Waals surface area contributed by atoms with E-state index in [1.807, 2.05) is 33.9 Å². The van der Waals surface area contributed by atoms with Crippen molar-refractivity contribution in [1.29, 1.82) is 0 Å². The van der Waals surface area contributed by atoms with E-state index in [0.717, 1.165) is 29.9 Å². The minimum atomic E-state index is -0.0720. The fourth-order valence-electron chi connectivity index (χ4n) is 3.44. The van der Waals surface area contributed by atoms with Crippen LogP contribution in [-0.2, 0) is 4.79 Å². The second kappa shape index (κ2) is 8.19. The number of carbonyl (C=O) groups excluding carboxylic acids is 2. The first kappa shape index (κ1) is 18.1. The molecule has 3 heterocycles. The Hall–Kier alpha value is -2.25. The molecule has 7 heteroatoms. The van der Waals surface area contributed by atoms with Crippen LogP contribution in [0.15, 0.2) is 41.1 Å². The summed E-state index contributed by atoms with van der Waals surface area (Å²) in [7, 11) is 0. The molecule has 1 N–H and O–H groups in total. The summed E-state index contributed by atoms with van der Waals surface area (Å²) in [6.07, 6.45) is 3.09. The monoisotopic (exact) mass is 399 g/mol. The highest BCUT2D eigenvalue weighted by atomic mass is 32.1. The van der Waals surface area contributed by atoms with Gasteiger partial charge in [-0.25, -0.2) is 4.98 Å². The molecule has 4 rings (SSSR count). The van der Waals surface area contributed by atoms with Gasteiger partial charge in [0, 0.05) is 30.5 Å². The topological polar surface area (TPSA) is 62.3 Å². The number of nitrogens with one attached hydrogen (secondary N) is 1. The Labute approximate surface area is 166 Å². The Kier molecular flexibility index (Phi) is 5.50. The van der Waals surface area contributed by atoms with E-state index in [1.54, 1.807) is 17.4 Å². The van der Waals surface area contributed by atoms with Gasteiger partial charge >= 0.3 is 0 Å². The summed E-state index contributed by atoms with van der Waals surface area (Å²) >= 11 is 3.19. The number of thiazole rings is 1. The summed E-state index contributed by atoms with van der Waals surface area (Å²) in [5.41, 5.74) is 1.69. The number of thiophene rings is 1. The average Bonchev–Trinajstić information content (AvgIpc) is 3.43. The Bertz CT molecular complexity index is 903. The lowest BCUT2D eigenvalue weighted by Crippen LogP contribution is -2.31. The van der Waals surface area contributed by atoms with Gasteiger partial charge in [-0.15, -0.1) is 11.3 Å². The number of hydrogen-bond acceptors (Lipinski definition) is 5. The van der Waals surface area contributed by atoms with Crippen LogP contribution < -0.4 is 5.32 Å². The predicted octanol–water partition coefficient (Wildman–Crippen LogP) is 4.23. The molecule has 0 saturated carbocycles. The smallest absolute Gasteiger partial charge is 0.252 e. The van der Waals surface area contributed by atoms with Crippen molar-refractivity contribution in [2.75, 3.05) is 13.1 Å². The number of fused-ring (bicyclic) bond motifs is 1. The van der Waals surface area contributed by atoms with Crippen LogP contribution in [0.1, 0.15) is 47.1 Å². The lowest BCUT2D eigenvalue weighted by Gasteiger charge is -2.23. The molecule has 1 aliphatic rings. The molecule has 1 saturated heterocycles. The molecule has 0 radical (unpaired) electrons. The van der Waals surface area contributed by atoms with Crippen molar-refractivity contribution in [2.45, 2.75) is 31.7 Å². The number of aromatic nitrogens is 1. The summed E-state index contributed by atoms with van der Waals surface area (Å²) in [5.74, 6) is 0.0822. The highest BCUT2D eigenvalue weighted by molar-refractivity contribution is 7.18. The number of carbonyl (C=O) groups is 2. The van der Waals surface area contributed by atoms with Gasteiger partial charge in [-0.05, 0) is 42.8 Å². The van der Waals surface area contributed by atoms with E-state index in [-0.39, 0.29) is 17.9 Å². The van der Waals surface area contributed by atoms with Gasteiger partial charge in [-0.2, -0.15) is 11.3 Å². The van der Waals surface area contributed by atoms with E-state index in [4.69, 9.17) is 4.98 Å². The van der Waals surface area contributed by atoms with E-state index < -0.39 is 0 Å². The zero-order chi connectivity index (χ0) is 18.6. The number of para-hydroxylation sites is 1. The zero-order valence-corrected chi connectivity index (χ0v) is 16.5. The summed E-state index contributed by atoms with van der Waals surface area (Å²) in [5, 5.41) is 7.62. The van der Waals surface area contributed by atoms with Gasteiger partial charge < -0.3 is 10.2 Å². The normalized spacial score (nSPS) is 16.7. The molecule has 0 aliphatic carbocycles. The third-order valence-electron chi connectivity index (χ3n) is 4.80. The summed E-state index contributed by atoms with van der Waals surface area (Å²) in [4.78, 5) is 31.3. The number of rotatable bonds is 6. The van der Waals surface area contributed by atoms with Crippen LogP contribution >= 0.6 is 22.7 Å². The first-order chi connectivity index (χ1) is 13.2. The second-order valence-corrected chi connectivity index (χ2v) is 8.48. The number of likely N-dealkylation sites (tertiary alicyclic amines) is 1. The van der Waals surface area contributed by atoms with Crippen LogP contribution in [0.3, 0.4) is 0 Å². The molecule has 2 amide bonds. The SMILES string of the molecule is O=C(NCCCC(=O)N1CCCC1c1nc2ccccc2s1)c1ccsc1. The van der Waals surface area contributed by atoms with E-state index >= 15 is 0 Å². The molecule has 1 aliphatic heterocycles. The van der Waals surface area contributed by atoms with Crippen LogP contribution in [0.4, 0.5) is 0 Å². The van der Waals surface area contributed by atoms with Crippen molar-refractivity contribution >= 4 is 44.7 Å². The third-order valence-corrected chi connectivity index (χ3v) is 6.63. The van der Waals surface area contributed by atoms with Crippen LogP contribution in [-0.4, -0.2) is 34.8 Å². The molecule has 3 aromatic rings. The summed E-state index contributed by atoms with van der Waals surface area (Å²) < 4.78 is 1.17. The van der Waals surface area contributed by atoms with Gasteiger partial charge in [0.15, 0.2) is 0 Å². The second-order valence-electron chi connectivity index (χ2n) is 6.64. The molecular weight excluding hydrogens is 378 g/mol. The lowest BCUT2D eigenvalue weighted by atomic mass is 10.2. The Morgan fingerprint density at radius 2 is 2.15 bits per heavy atom. The van der Waals surface area contributed by atoms with Gasteiger partial charge in [-0.3, -0.25) is 9.59 Å². The van der Waals surface area contributed by atoms with E-state index in [1.165, 1.54) is 16.0 Å². The van der Waals surface area contributed by atoms with Crippen molar-refractivity contribution in [2.24, 2.45) is 0 Å². The van der Waals surface area contributed by atoms with Crippen LogP contribution in [0.25, 0.3) is 10.2 Å². The standard InChI is InChI=1S/C20H21N3O2S2/c24-18(8-3-10-21-19(25)14-9-12-26-13-14)23-11-4-6-16(23)20-22-15-5-1-2-7-17(15)27-20/h1-2,5,7,9,12-13,16H,3-4,6,8,10-11H2,(H,21,25). The molecule has 0 spiro atoms.